The lowest BCUT2D eigenvalue weighted by Crippen LogP contribution is -2.16. The lowest BCUT2D eigenvalue weighted by atomic mass is 9.96. The number of ketones is 1. The molecule has 2 aromatic carbocycles. The van der Waals surface area contributed by atoms with Gasteiger partial charge in [-0.15, -0.1) is 11.3 Å². The number of nitrogens with two attached hydrogens (primary N) is 2. The normalized spacial score (nSPS) is 11.3. The summed E-state index contributed by atoms with van der Waals surface area (Å²) in [5.74, 6) is -0.411. The molecular formula is C28H23N7O3S2. The molecule has 0 amide bonds. The van der Waals surface area contributed by atoms with Crippen LogP contribution in [0.25, 0.3) is 21.3 Å². The van der Waals surface area contributed by atoms with Gasteiger partial charge in [0.15, 0.2) is 0 Å². The van der Waals surface area contributed by atoms with Crippen molar-refractivity contribution in [1.82, 2.24) is 15.0 Å². The molecule has 3 aromatic heterocycles. The van der Waals surface area contributed by atoms with Gasteiger partial charge in [-0.1, -0.05) is 29.8 Å². The van der Waals surface area contributed by atoms with E-state index in [2.05, 4.69) is 25.7 Å². The average Bonchev–Trinajstić information content (AvgIpc) is 3.22. The van der Waals surface area contributed by atoms with Crippen LogP contribution >= 0.6 is 11.3 Å². The summed E-state index contributed by atoms with van der Waals surface area (Å²) in [5, 5.41) is 10.3. The molecule has 0 fully saturated rings. The first-order valence-electron chi connectivity index (χ1n) is 12.0. The molecule has 5 aromatic rings. The monoisotopic (exact) mass is 569 g/mol. The third-order valence-corrected chi connectivity index (χ3v) is 8.64. The number of nitriles is 1. The summed E-state index contributed by atoms with van der Waals surface area (Å²) in [6.45, 7) is 5.42. The number of aryl methyl sites for hydroxylation is 3. The number of nitrogens with zero attached hydrogens (tertiary/aromatic N) is 4. The molecule has 10 nitrogen and oxygen atoms in total. The number of nitrogen functional groups attached to an aromatic ring is 2. The standard InChI is InChI=1S/C28H23N7O3S2/c1-14-4-6-17(7-5-14)21-20(13-29)26(31)34-27-22(21)23(30)25(39-27)24(36)18-8-10-19(11-9-18)40(37,38)35-28-32-15(2)12-16(3)33-28/h4-12H,30H2,1-3H3,(H2,31,34)(H,32,33,35). The van der Waals surface area contributed by atoms with E-state index in [1.165, 1.54) is 24.3 Å². The van der Waals surface area contributed by atoms with Crippen molar-refractivity contribution in [3.8, 4) is 17.2 Å². The van der Waals surface area contributed by atoms with Gasteiger partial charge in [0.05, 0.1) is 10.6 Å². The van der Waals surface area contributed by atoms with Crippen LogP contribution in [0.4, 0.5) is 17.5 Å². The van der Waals surface area contributed by atoms with Crippen molar-refractivity contribution in [3.63, 3.8) is 0 Å². The number of thiophene rings is 1. The van der Waals surface area contributed by atoms with Gasteiger partial charge in [0, 0.05) is 27.9 Å². The van der Waals surface area contributed by atoms with E-state index in [-0.39, 0.29) is 38.4 Å². The minimum Gasteiger partial charge on any atom is -0.397 e. The number of carbonyl (C=O) groups excluding carboxylic acids is 1. The molecule has 0 saturated heterocycles. The summed E-state index contributed by atoms with van der Waals surface area (Å²) < 4.78 is 28.1. The van der Waals surface area contributed by atoms with Crippen molar-refractivity contribution in [2.24, 2.45) is 0 Å². The number of nitrogens with one attached hydrogen (secondary N) is 1. The Labute approximate surface area is 234 Å². The van der Waals surface area contributed by atoms with Crippen molar-refractivity contribution < 1.29 is 13.2 Å². The number of anilines is 3. The van der Waals surface area contributed by atoms with E-state index >= 15 is 0 Å². The Morgan fingerprint density at radius 3 is 2.17 bits per heavy atom. The van der Waals surface area contributed by atoms with Crippen LogP contribution in [0.15, 0.2) is 59.5 Å². The molecule has 0 bridgehead atoms. The summed E-state index contributed by atoms with van der Waals surface area (Å²) in [5.41, 5.74) is 16.7. The van der Waals surface area contributed by atoms with Gasteiger partial charge in [-0.3, -0.25) is 4.79 Å². The minimum absolute atomic E-state index is 0.0383. The molecule has 12 heteroatoms. The number of benzene rings is 2. The average molecular weight is 570 g/mol. The van der Waals surface area contributed by atoms with Crippen molar-refractivity contribution in [3.05, 3.63) is 87.6 Å². The number of hydrogen-bond acceptors (Lipinski definition) is 10. The highest BCUT2D eigenvalue weighted by Gasteiger charge is 2.25. The first-order chi connectivity index (χ1) is 19.0. The predicted octanol–water partition coefficient (Wildman–Crippen LogP) is 4.75. The van der Waals surface area contributed by atoms with Crippen LogP contribution in [0.2, 0.25) is 0 Å². The quantitative estimate of drug-likeness (QED) is 0.243. The van der Waals surface area contributed by atoms with Gasteiger partial charge < -0.3 is 11.5 Å². The van der Waals surface area contributed by atoms with Gasteiger partial charge in [-0.05, 0) is 56.7 Å². The zero-order valence-corrected chi connectivity index (χ0v) is 23.3. The number of sulfonamides is 1. The Hall–Kier alpha value is -4.86. The van der Waals surface area contributed by atoms with E-state index in [1.54, 1.807) is 19.9 Å². The molecule has 5 rings (SSSR count). The number of pyridine rings is 1. The fraction of sp³-hybridized carbons (Fsp3) is 0.107. The predicted molar refractivity (Wildman–Crippen MR) is 156 cm³/mol. The Kier molecular flexibility index (Phi) is 6.70. The van der Waals surface area contributed by atoms with Gasteiger partial charge >= 0.3 is 0 Å². The number of hydrogen-bond donors (Lipinski definition) is 3. The maximum atomic E-state index is 13.5. The van der Waals surface area contributed by atoms with Crippen LogP contribution in [0.1, 0.15) is 37.7 Å². The summed E-state index contributed by atoms with van der Waals surface area (Å²) in [6, 6.07) is 16.8. The topological polar surface area (TPSA) is 178 Å². The van der Waals surface area contributed by atoms with Crippen molar-refractivity contribution in [2.75, 3.05) is 16.2 Å². The first kappa shape index (κ1) is 26.7. The van der Waals surface area contributed by atoms with Gasteiger partial charge in [0.25, 0.3) is 10.0 Å². The highest BCUT2D eigenvalue weighted by Crippen LogP contribution is 2.43. The second-order valence-corrected chi connectivity index (χ2v) is 11.9. The van der Waals surface area contributed by atoms with Crippen molar-refractivity contribution in [2.45, 2.75) is 25.7 Å². The van der Waals surface area contributed by atoms with Crippen LogP contribution in [-0.4, -0.2) is 29.2 Å². The zero-order chi connectivity index (χ0) is 28.8. The van der Waals surface area contributed by atoms with Crippen LogP contribution in [0.5, 0.6) is 0 Å². The largest absolute Gasteiger partial charge is 0.397 e. The lowest BCUT2D eigenvalue weighted by Gasteiger charge is -2.10. The number of rotatable bonds is 6. The molecule has 200 valence electrons. The van der Waals surface area contributed by atoms with Crippen LogP contribution in [-0.2, 0) is 10.0 Å². The number of aromatic nitrogens is 3. The molecule has 0 aliphatic carbocycles. The minimum atomic E-state index is -4.00. The Morgan fingerprint density at radius 2 is 1.57 bits per heavy atom. The van der Waals surface area contributed by atoms with Gasteiger partial charge in [-0.25, -0.2) is 28.1 Å². The van der Waals surface area contributed by atoms with Gasteiger partial charge in [-0.2, -0.15) is 5.26 Å². The van der Waals surface area contributed by atoms with Crippen molar-refractivity contribution in [1.29, 1.82) is 5.26 Å². The Balaban J connectivity index is 1.53. The maximum absolute atomic E-state index is 13.5. The second-order valence-electron chi connectivity index (χ2n) is 9.18. The smallest absolute Gasteiger partial charge is 0.264 e. The van der Waals surface area contributed by atoms with Crippen LogP contribution in [0.3, 0.4) is 0 Å². The maximum Gasteiger partial charge on any atom is 0.264 e. The lowest BCUT2D eigenvalue weighted by molar-refractivity contribution is 0.104. The molecule has 3 heterocycles. The van der Waals surface area contributed by atoms with E-state index in [4.69, 9.17) is 11.5 Å². The van der Waals surface area contributed by atoms with E-state index in [1.807, 2.05) is 31.2 Å². The summed E-state index contributed by atoms with van der Waals surface area (Å²) >= 11 is 1.06. The molecule has 0 spiro atoms. The molecule has 0 radical (unpaired) electrons. The third kappa shape index (κ3) is 4.84. The van der Waals surface area contributed by atoms with E-state index in [9.17, 15) is 18.5 Å². The summed E-state index contributed by atoms with van der Waals surface area (Å²) in [4.78, 5) is 26.7. The summed E-state index contributed by atoms with van der Waals surface area (Å²) in [6.07, 6.45) is 0. The van der Waals surface area contributed by atoms with Crippen LogP contribution < -0.4 is 16.2 Å². The van der Waals surface area contributed by atoms with Gasteiger partial charge in [0.2, 0.25) is 11.7 Å². The molecule has 0 aliphatic heterocycles. The van der Waals surface area contributed by atoms with E-state index < -0.39 is 15.8 Å². The second kappa shape index (κ2) is 10.0. The highest BCUT2D eigenvalue weighted by atomic mass is 32.2. The van der Waals surface area contributed by atoms with Crippen LogP contribution in [0, 0.1) is 32.1 Å². The zero-order valence-electron chi connectivity index (χ0n) is 21.7. The molecule has 0 unspecified atom stereocenters. The third-order valence-electron chi connectivity index (χ3n) is 6.20. The van der Waals surface area contributed by atoms with Gasteiger partial charge in [0.1, 0.15) is 27.2 Å². The van der Waals surface area contributed by atoms with E-state index in [0.29, 0.717) is 27.2 Å². The number of fused-ring (bicyclic) bond motifs is 1. The molecule has 5 N–H and O–H groups in total. The van der Waals surface area contributed by atoms with E-state index in [0.717, 1.165) is 22.5 Å². The fourth-order valence-electron chi connectivity index (χ4n) is 4.33. The Bertz CT molecular complexity index is 1940. The van der Waals surface area contributed by atoms with Crippen molar-refractivity contribution >= 4 is 54.8 Å². The Morgan fingerprint density at radius 1 is 0.950 bits per heavy atom. The molecule has 0 saturated carbocycles. The SMILES string of the molecule is Cc1ccc(-c2c(C#N)c(N)nc3sc(C(=O)c4ccc(S(=O)(=O)Nc5nc(C)cc(C)n5)cc4)c(N)c23)cc1. The summed E-state index contributed by atoms with van der Waals surface area (Å²) in [7, 11) is -4.00. The fourth-order valence-corrected chi connectivity index (χ4v) is 6.35. The number of carbonyl (C=O) groups is 1. The molecular weight excluding hydrogens is 546 g/mol. The molecule has 0 atom stereocenters. The first-order valence-corrected chi connectivity index (χ1v) is 14.3. The molecule has 40 heavy (non-hydrogen) atoms. The molecule has 0 aliphatic rings. The highest BCUT2D eigenvalue weighted by molar-refractivity contribution is 7.92.